The fourth-order valence-corrected chi connectivity index (χ4v) is 3.71. The highest BCUT2D eigenvalue weighted by molar-refractivity contribution is 5.88. The van der Waals surface area contributed by atoms with Crippen LogP contribution in [0.4, 0.5) is 0 Å². The Morgan fingerprint density at radius 1 is 0.806 bits per heavy atom. The fraction of sp³-hybridized carbons (Fsp3) is 0.259. The number of likely N-dealkylation sites (N-methyl/N-ethyl adjacent to an activating group) is 1. The molecule has 3 aromatic carbocycles. The first-order chi connectivity index (χ1) is 15.0. The summed E-state index contributed by atoms with van der Waals surface area (Å²) in [5, 5.41) is 2.76. The molecule has 0 fully saturated rings. The van der Waals surface area contributed by atoms with E-state index in [0.29, 0.717) is 13.0 Å². The Labute approximate surface area is 184 Å². The van der Waals surface area contributed by atoms with Crippen molar-refractivity contribution in [2.24, 2.45) is 0 Å². The molecule has 0 heterocycles. The van der Waals surface area contributed by atoms with Crippen LogP contribution in [0.15, 0.2) is 78.9 Å². The van der Waals surface area contributed by atoms with Gasteiger partial charge in [-0.05, 0) is 30.5 Å². The summed E-state index contributed by atoms with van der Waals surface area (Å²) in [7, 11) is 1.62. The molecule has 0 spiro atoms. The van der Waals surface area contributed by atoms with Crippen molar-refractivity contribution >= 4 is 11.8 Å². The molecule has 4 heteroatoms. The highest BCUT2D eigenvalue weighted by Crippen LogP contribution is 2.17. The van der Waals surface area contributed by atoms with Gasteiger partial charge in [0, 0.05) is 20.0 Å². The van der Waals surface area contributed by atoms with Crippen molar-refractivity contribution in [3.63, 3.8) is 0 Å². The van der Waals surface area contributed by atoms with Crippen LogP contribution >= 0.6 is 0 Å². The summed E-state index contributed by atoms with van der Waals surface area (Å²) < 4.78 is 0. The quantitative estimate of drug-likeness (QED) is 0.600. The summed E-state index contributed by atoms with van der Waals surface area (Å²) in [6.07, 6.45) is 0.723. The molecule has 3 rings (SSSR count). The molecular formula is C27H30N2O2. The second-order valence-electron chi connectivity index (χ2n) is 7.99. The molecule has 3 aromatic rings. The summed E-state index contributed by atoms with van der Waals surface area (Å²) >= 11 is 0. The first-order valence-electron chi connectivity index (χ1n) is 10.6. The Balaban J connectivity index is 1.93. The lowest BCUT2D eigenvalue weighted by Gasteiger charge is -2.31. The molecule has 4 nitrogen and oxygen atoms in total. The van der Waals surface area contributed by atoms with Crippen molar-refractivity contribution in [2.45, 2.75) is 39.3 Å². The lowest BCUT2D eigenvalue weighted by molar-refractivity contribution is -0.140. The van der Waals surface area contributed by atoms with Gasteiger partial charge in [-0.3, -0.25) is 9.59 Å². The molecule has 0 saturated heterocycles. The molecule has 31 heavy (non-hydrogen) atoms. The molecule has 2 amide bonds. The highest BCUT2D eigenvalue weighted by Gasteiger charge is 2.29. The number of amides is 2. The van der Waals surface area contributed by atoms with Gasteiger partial charge in [-0.25, -0.2) is 0 Å². The van der Waals surface area contributed by atoms with Gasteiger partial charge in [0.1, 0.15) is 6.04 Å². The third kappa shape index (κ3) is 6.29. The summed E-state index contributed by atoms with van der Waals surface area (Å²) in [6, 6.07) is 25.3. The molecular weight excluding hydrogens is 384 g/mol. The predicted octanol–water partition coefficient (Wildman–Crippen LogP) is 4.23. The first-order valence-corrected chi connectivity index (χ1v) is 10.6. The number of aryl methyl sites for hydroxylation is 2. The molecule has 1 N–H and O–H groups in total. The van der Waals surface area contributed by atoms with Crippen LogP contribution in [0.3, 0.4) is 0 Å². The number of carbonyl (C=O) groups is 2. The van der Waals surface area contributed by atoms with Crippen LogP contribution in [-0.2, 0) is 29.0 Å². The molecule has 0 saturated carbocycles. The van der Waals surface area contributed by atoms with E-state index >= 15 is 0 Å². The van der Waals surface area contributed by atoms with Crippen molar-refractivity contribution < 1.29 is 9.59 Å². The van der Waals surface area contributed by atoms with E-state index in [4.69, 9.17) is 0 Å². The average Bonchev–Trinajstić information content (AvgIpc) is 2.78. The maximum absolute atomic E-state index is 13.5. The van der Waals surface area contributed by atoms with Crippen molar-refractivity contribution in [2.75, 3.05) is 7.05 Å². The Morgan fingerprint density at radius 2 is 1.48 bits per heavy atom. The van der Waals surface area contributed by atoms with E-state index in [1.165, 1.54) is 0 Å². The van der Waals surface area contributed by atoms with Crippen LogP contribution in [0, 0.1) is 13.8 Å². The second-order valence-corrected chi connectivity index (χ2v) is 7.99. The SMILES string of the molecule is CNC(=O)C(Cc1ccccc1)N(Cc1cccc(C)c1)C(=O)Cc1ccc(C)cc1. The minimum Gasteiger partial charge on any atom is -0.357 e. The molecule has 1 unspecified atom stereocenters. The van der Waals surface area contributed by atoms with E-state index < -0.39 is 6.04 Å². The minimum absolute atomic E-state index is 0.0603. The van der Waals surface area contributed by atoms with Crippen LogP contribution in [0.5, 0.6) is 0 Å². The normalized spacial score (nSPS) is 11.6. The zero-order valence-corrected chi connectivity index (χ0v) is 18.5. The standard InChI is InChI=1S/C27H30N2O2/c1-20-12-14-23(15-13-20)18-26(30)29(19-24-11-7-8-21(2)16-24)25(27(31)28-3)17-22-9-5-4-6-10-22/h4-16,25H,17-19H2,1-3H3,(H,28,31). The zero-order valence-electron chi connectivity index (χ0n) is 18.5. The Morgan fingerprint density at radius 3 is 2.13 bits per heavy atom. The number of nitrogens with one attached hydrogen (secondary N) is 1. The van der Waals surface area contributed by atoms with Crippen molar-refractivity contribution in [1.29, 1.82) is 0 Å². The van der Waals surface area contributed by atoms with E-state index in [1.54, 1.807) is 11.9 Å². The van der Waals surface area contributed by atoms with Gasteiger partial charge in [-0.1, -0.05) is 90.0 Å². The Bertz CT molecular complexity index is 1010. The van der Waals surface area contributed by atoms with Gasteiger partial charge < -0.3 is 10.2 Å². The number of rotatable bonds is 8. The van der Waals surface area contributed by atoms with E-state index in [2.05, 4.69) is 11.4 Å². The lowest BCUT2D eigenvalue weighted by Crippen LogP contribution is -2.50. The maximum Gasteiger partial charge on any atom is 0.242 e. The number of benzene rings is 3. The summed E-state index contributed by atoms with van der Waals surface area (Å²) in [5.74, 6) is -0.219. The number of carbonyl (C=O) groups excluding carboxylic acids is 2. The van der Waals surface area contributed by atoms with Gasteiger partial charge >= 0.3 is 0 Å². The van der Waals surface area contributed by atoms with E-state index in [0.717, 1.165) is 27.8 Å². The Kier molecular flexibility index (Phi) is 7.60. The smallest absolute Gasteiger partial charge is 0.242 e. The lowest BCUT2D eigenvalue weighted by atomic mass is 10.0. The number of hydrogen-bond donors (Lipinski definition) is 1. The molecule has 160 valence electrons. The van der Waals surface area contributed by atoms with Crippen LogP contribution in [-0.4, -0.2) is 29.8 Å². The molecule has 0 aromatic heterocycles. The van der Waals surface area contributed by atoms with Gasteiger partial charge in [-0.2, -0.15) is 0 Å². The van der Waals surface area contributed by atoms with E-state index in [-0.39, 0.29) is 18.2 Å². The molecule has 0 radical (unpaired) electrons. The van der Waals surface area contributed by atoms with E-state index in [1.807, 2.05) is 86.6 Å². The van der Waals surface area contributed by atoms with Crippen LogP contribution in [0.1, 0.15) is 27.8 Å². The predicted molar refractivity (Wildman–Crippen MR) is 125 cm³/mol. The average molecular weight is 415 g/mol. The van der Waals surface area contributed by atoms with E-state index in [9.17, 15) is 9.59 Å². The van der Waals surface area contributed by atoms with Crippen molar-refractivity contribution in [3.8, 4) is 0 Å². The van der Waals surface area contributed by atoms with Crippen molar-refractivity contribution in [3.05, 3.63) is 107 Å². The number of nitrogens with zero attached hydrogens (tertiary/aromatic N) is 1. The topological polar surface area (TPSA) is 49.4 Å². The summed E-state index contributed by atoms with van der Waals surface area (Å²) in [6.45, 7) is 4.44. The molecule has 0 bridgehead atoms. The van der Waals surface area contributed by atoms with Crippen LogP contribution < -0.4 is 5.32 Å². The summed E-state index contributed by atoms with van der Waals surface area (Å²) in [4.78, 5) is 28.1. The molecule has 0 aliphatic rings. The largest absolute Gasteiger partial charge is 0.357 e. The molecule has 1 atom stereocenters. The minimum atomic E-state index is -0.592. The maximum atomic E-state index is 13.5. The van der Waals surface area contributed by atoms with Crippen LogP contribution in [0.25, 0.3) is 0 Å². The molecule has 0 aliphatic carbocycles. The second kappa shape index (κ2) is 10.6. The van der Waals surface area contributed by atoms with Crippen molar-refractivity contribution in [1.82, 2.24) is 10.2 Å². The highest BCUT2D eigenvalue weighted by atomic mass is 16.2. The first kappa shape index (κ1) is 22.3. The molecule has 0 aliphatic heterocycles. The fourth-order valence-electron chi connectivity index (χ4n) is 3.71. The van der Waals surface area contributed by atoms with Crippen LogP contribution in [0.2, 0.25) is 0 Å². The monoisotopic (exact) mass is 414 g/mol. The van der Waals surface area contributed by atoms with Gasteiger partial charge in [0.25, 0.3) is 0 Å². The zero-order chi connectivity index (χ0) is 22.2. The van der Waals surface area contributed by atoms with Gasteiger partial charge in [0.05, 0.1) is 6.42 Å². The third-order valence-electron chi connectivity index (χ3n) is 5.43. The summed E-state index contributed by atoms with van der Waals surface area (Å²) in [5.41, 5.74) is 5.26. The van der Waals surface area contributed by atoms with Gasteiger partial charge in [-0.15, -0.1) is 0 Å². The van der Waals surface area contributed by atoms with Gasteiger partial charge in [0.15, 0.2) is 0 Å². The Hall–Kier alpha value is -3.40. The third-order valence-corrected chi connectivity index (χ3v) is 5.43. The number of hydrogen-bond acceptors (Lipinski definition) is 2. The van der Waals surface area contributed by atoms with Gasteiger partial charge in [0.2, 0.25) is 11.8 Å².